The molecule has 1 aromatic heterocycles. The molecule has 2 saturated heterocycles. The van der Waals surface area contributed by atoms with Gasteiger partial charge in [0.25, 0.3) is 0 Å². The summed E-state index contributed by atoms with van der Waals surface area (Å²) in [7, 11) is 3.96. The fraction of sp³-hybridized carbons (Fsp3) is 0.500. The van der Waals surface area contributed by atoms with Gasteiger partial charge < -0.3 is 24.8 Å². The number of likely N-dealkylation sites (N-methyl/N-ethyl adjacent to an activating group) is 1. The first-order valence-electron chi connectivity index (χ1n) is 11.3. The summed E-state index contributed by atoms with van der Waals surface area (Å²) in [6.07, 6.45) is 1.80. The molecule has 0 saturated carbocycles. The lowest BCUT2D eigenvalue weighted by Crippen LogP contribution is -2.50. The third-order valence-corrected chi connectivity index (χ3v) is 6.10. The van der Waals surface area contributed by atoms with E-state index in [0.29, 0.717) is 13.1 Å². The van der Waals surface area contributed by atoms with E-state index < -0.39 is 0 Å². The van der Waals surface area contributed by atoms with Crippen molar-refractivity contribution in [2.45, 2.75) is 25.7 Å². The fourth-order valence-corrected chi connectivity index (χ4v) is 4.28. The van der Waals surface area contributed by atoms with Crippen molar-refractivity contribution in [3.05, 3.63) is 59.5 Å². The summed E-state index contributed by atoms with van der Waals surface area (Å²) in [5.41, 5.74) is 2.15. The third-order valence-electron chi connectivity index (χ3n) is 6.10. The highest BCUT2D eigenvalue weighted by atomic mass is 19.1. The molecule has 2 aliphatic heterocycles. The highest BCUT2D eigenvalue weighted by Gasteiger charge is 2.28. The number of ether oxygens (including phenoxy) is 1. The van der Waals surface area contributed by atoms with Crippen molar-refractivity contribution < 1.29 is 9.13 Å². The van der Waals surface area contributed by atoms with Crippen LogP contribution in [0.2, 0.25) is 0 Å². The van der Waals surface area contributed by atoms with Gasteiger partial charge in [-0.25, -0.2) is 9.37 Å². The number of nitrogens with zero attached hydrogens (tertiary/aromatic N) is 5. The number of aliphatic imine (C=N–C) groups is 1. The molecule has 1 N–H and O–H groups in total. The normalized spacial score (nSPS) is 22.8. The maximum atomic E-state index is 13.3. The van der Waals surface area contributed by atoms with Crippen LogP contribution in [0.3, 0.4) is 0 Å². The molecule has 2 fully saturated rings. The summed E-state index contributed by atoms with van der Waals surface area (Å²) in [5, 5.41) is 3.50. The number of aromatic nitrogens is 1. The Kier molecular flexibility index (Phi) is 7.22. The number of guanidine groups is 1. The van der Waals surface area contributed by atoms with E-state index in [2.05, 4.69) is 50.0 Å². The van der Waals surface area contributed by atoms with Gasteiger partial charge in [-0.15, -0.1) is 0 Å². The second kappa shape index (κ2) is 10.3. The number of hydrogen-bond acceptors (Lipinski definition) is 5. The van der Waals surface area contributed by atoms with Crippen molar-refractivity contribution in [1.29, 1.82) is 0 Å². The van der Waals surface area contributed by atoms with Crippen molar-refractivity contribution in [2.75, 3.05) is 58.3 Å². The first-order chi connectivity index (χ1) is 15.5. The number of pyridine rings is 1. The predicted molar refractivity (Wildman–Crippen MR) is 125 cm³/mol. The van der Waals surface area contributed by atoms with E-state index in [1.165, 1.54) is 17.7 Å². The Bertz CT molecular complexity index is 913. The molecule has 2 aliphatic rings. The number of anilines is 1. The van der Waals surface area contributed by atoms with Gasteiger partial charge in [0.15, 0.2) is 5.96 Å². The van der Waals surface area contributed by atoms with Crippen LogP contribution < -0.4 is 10.2 Å². The molecular weight excluding hydrogens is 407 g/mol. The number of benzene rings is 1. The van der Waals surface area contributed by atoms with Crippen molar-refractivity contribution in [1.82, 2.24) is 20.1 Å². The number of halogens is 1. The molecule has 8 heteroatoms. The monoisotopic (exact) mass is 440 g/mol. The minimum absolute atomic E-state index is 0.0436. The summed E-state index contributed by atoms with van der Waals surface area (Å²) in [6, 6.07) is 10.8. The number of morpholine rings is 1. The van der Waals surface area contributed by atoms with Crippen molar-refractivity contribution in [3.8, 4) is 0 Å². The highest BCUT2D eigenvalue weighted by molar-refractivity contribution is 5.80. The lowest BCUT2D eigenvalue weighted by atomic mass is 10.1. The molecule has 172 valence electrons. The van der Waals surface area contributed by atoms with E-state index in [4.69, 9.17) is 4.74 Å². The van der Waals surface area contributed by atoms with Crippen LogP contribution in [0.1, 0.15) is 24.2 Å². The molecule has 0 spiro atoms. The molecular formula is C24H33FN6O. The third kappa shape index (κ3) is 5.55. The minimum Gasteiger partial charge on any atom is -0.367 e. The van der Waals surface area contributed by atoms with E-state index >= 15 is 0 Å². The van der Waals surface area contributed by atoms with Crippen molar-refractivity contribution in [2.24, 2.45) is 4.99 Å². The van der Waals surface area contributed by atoms with Gasteiger partial charge in [-0.1, -0.05) is 12.1 Å². The highest BCUT2D eigenvalue weighted by Crippen LogP contribution is 2.25. The van der Waals surface area contributed by atoms with Gasteiger partial charge in [-0.3, -0.25) is 4.99 Å². The van der Waals surface area contributed by atoms with E-state index in [9.17, 15) is 4.39 Å². The van der Waals surface area contributed by atoms with Crippen LogP contribution >= 0.6 is 0 Å². The molecule has 4 rings (SSSR count). The van der Waals surface area contributed by atoms with Gasteiger partial charge in [-0.05, 0) is 49.4 Å². The zero-order chi connectivity index (χ0) is 22.5. The minimum atomic E-state index is -0.236. The van der Waals surface area contributed by atoms with Gasteiger partial charge in [0.1, 0.15) is 17.7 Å². The van der Waals surface area contributed by atoms with E-state index in [-0.39, 0.29) is 18.0 Å². The zero-order valence-electron chi connectivity index (χ0n) is 19.2. The SMILES string of the molecule is CN=C(NCc1ccnc(N2CCN(C)CC2)c1)N1CC(C)OC(c2ccc(F)cc2)C1. The van der Waals surface area contributed by atoms with Crippen LogP contribution in [0.4, 0.5) is 10.2 Å². The Balaban J connectivity index is 1.39. The Morgan fingerprint density at radius 1 is 1.16 bits per heavy atom. The Morgan fingerprint density at radius 2 is 1.91 bits per heavy atom. The van der Waals surface area contributed by atoms with Crippen LogP contribution in [-0.4, -0.2) is 80.2 Å². The molecule has 32 heavy (non-hydrogen) atoms. The lowest BCUT2D eigenvalue weighted by Gasteiger charge is -2.38. The van der Waals surface area contributed by atoms with Crippen LogP contribution in [0.25, 0.3) is 0 Å². The Labute approximate surface area is 189 Å². The van der Waals surface area contributed by atoms with Crippen molar-refractivity contribution >= 4 is 11.8 Å². The quantitative estimate of drug-likeness (QED) is 0.583. The van der Waals surface area contributed by atoms with Crippen LogP contribution in [0.15, 0.2) is 47.6 Å². The largest absolute Gasteiger partial charge is 0.367 e. The van der Waals surface area contributed by atoms with E-state index in [0.717, 1.165) is 50.1 Å². The first kappa shape index (κ1) is 22.5. The summed E-state index contributed by atoms with van der Waals surface area (Å²) >= 11 is 0. The number of piperazine rings is 1. The molecule has 0 aliphatic carbocycles. The topological polar surface area (TPSA) is 56.2 Å². The zero-order valence-corrected chi connectivity index (χ0v) is 19.2. The molecule has 0 bridgehead atoms. The van der Waals surface area contributed by atoms with Gasteiger partial charge in [0.2, 0.25) is 0 Å². The van der Waals surface area contributed by atoms with Crippen LogP contribution in [0, 0.1) is 5.82 Å². The van der Waals surface area contributed by atoms with Crippen LogP contribution in [-0.2, 0) is 11.3 Å². The van der Waals surface area contributed by atoms with Crippen LogP contribution in [0.5, 0.6) is 0 Å². The van der Waals surface area contributed by atoms with Gasteiger partial charge >= 0.3 is 0 Å². The number of nitrogens with one attached hydrogen (secondary N) is 1. The van der Waals surface area contributed by atoms with Gasteiger partial charge in [0.05, 0.1) is 12.6 Å². The van der Waals surface area contributed by atoms with E-state index in [1.54, 1.807) is 19.2 Å². The second-order valence-corrected chi connectivity index (χ2v) is 8.61. The molecule has 0 amide bonds. The second-order valence-electron chi connectivity index (χ2n) is 8.61. The average molecular weight is 441 g/mol. The fourth-order valence-electron chi connectivity index (χ4n) is 4.28. The Hall–Kier alpha value is -2.71. The first-order valence-corrected chi connectivity index (χ1v) is 11.3. The Morgan fingerprint density at radius 3 is 2.62 bits per heavy atom. The summed E-state index contributed by atoms with van der Waals surface area (Å²) in [5.74, 6) is 1.63. The maximum absolute atomic E-state index is 13.3. The van der Waals surface area contributed by atoms with Gasteiger partial charge in [-0.2, -0.15) is 0 Å². The standard InChI is InChI=1S/C24H33FN6O/c1-18-16-31(17-22(32-18)20-4-6-21(25)7-5-20)24(26-2)28-15-19-8-9-27-23(14-19)30-12-10-29(3)11-13-30/h4-9,14,18,22H,10-13,15-17H2,1-3H3,(H,26,28). The molecule has 7 nitrogen and oxygen atoms in total. The smallest absolute Gasteiger partial charge is 0.194 e. The van der Waals surface area contributed by atoms with Crippen molar-refractivity contribution in [3.63, 3.8) is 0 Å². The average Bonchev–Trinajstić information content (AvgIpc) is 2.80. The molecule has 2 aromatic rings. The molecule has 3 heterocycles. The number of hydrogen-bond donors (Lipinski definition) is 1. The van der Waals surface area contributed by atoms with E-state index in [1.807, 2.05) is 12.3 Å². The molecule has 2 atom stereocenters. The lowest BCUT2D eigenvalue weighted by molar-refractivity contribution is -0.0605. The molecule has 2 unspecified atom stereocenters. The molecule has 1 aromatic carbocycles. The molecule has 0 radical (unpaired) electrons. The summed E-state index contributed by atoms with van der Waals surface area (Å²) in [6.45, 7) is 8.25. The maximum Gasteiger partial charge on any atom is 0.194 e. The summed E-state index contributed by atoms with van der Waals surface area (Å²) < 4.78 is 19.5. The summed E-state index contributed by atoms with van der Waals surface area (Å²) in [4.78, 5) is 16.0. The van der Waals surface area contributed by atoms with Gasteiger partial charge in [0, 0.05) is 52.5 Å². The predicted octanol–water partition coefficient (Wildman–Crippen LogP) is 2.51. The number of rotatable bonds is 4.